The van der Waals surface area contributed by atoms with Gasteiger partial charge in [-0.1, -0.05) is 32.0 Å². The first-order chi connectivity index (χ1) is 7.50. The molecule has 1 aliphatic rings. The van der Waals surface area contributed by atoms with Crippen LogP contribution in [0.15, 0.2) is 18.2 Å². The first-order valence-electron chi connectivity index (χ1n) is 5.91. The molecule has 1 aromatic carbocycles. The van der Waals surface area contributed by atoms with Crippen molar-refractivity contribution in [3.8, 4) is 5.75 Å². The first kappa shape index (κ1) is 13.4. The van der Waals surface area contributed by atoms with Crippen LogP contribution in [0.1, 0.15) is 37.8 Å². The van der Waals surface area contributed by atoms with Crippen LogP contribution in [0.2, 0.25) is 0 Å². The number of benzene rings is 1. The second-order valence-corrected chi connectivity index (χ2v) is 6.46. The van der Waals surface area contributed by atoms with Crippen LogP contribution in [0.4, 0.5) is 0 Å². The molecule has 2 atom stereocenters. The number of aryl methyl sites for hydroxylation is 2. The van der Waals surface area contributed by atoms with Crippen molar-refractivity contribution < 1.29 is 5.11 Å². The van der Waals surface area contributed by atoms with Crippen LogP contribution in [0, 0.1) is 13.8 Å². The molecular formula is C14H22OS. The topological polar surface area (TPSA) is 20.2 Å². The Bertz CT molecular complexity index is 307. The highest BCUT2D eigenvalue weighted by atomic mass is 32.2. The SMILES string of the molecule is CC1CCC(C)S1.Cc1cccc(C)c1O. The zero-order valence-corrected chi connectivity index (χ0v) is 11.5. The quantitative estimate of drug-likeness (QED) is 0.727. The van der Waals surface area contributed by atoms with Crippen molar-refractivity contribution in [3.63, 3.8) is 0 Å². The summed E-state index contributed by atoms with van der Waals surface area (Å²) in [4.78, 5) is 0. The van der Waals surface area contributed by atoms with Gasteiger partial charge in [0.15, 0.2) is 0 Å². The Labute approximate surface area is 103 Å². The minimum Gasteiger partial charge on any atom is -0.507 e. The molecule has 0 aliphatic carbocycles. The zero-order chi connectivity index (χ0) is 12.1. The highest BCUT2D eigenvalue weighted by Crippen LogP contribution is 2.32. The average molecular weight is 238 g/mol. The molecule has 2 heteroatoms. The average Bonchev–Trinajstić information content (AvgIpc) is 2.60. The van der Waals surface area contributed by atoms with Crippen molar-refractivity contribution in [2.75, 3.05) is 0 Å². The summed E-state index contributed by atoms with van der Waals surface area (Å²) in [5.41, 5.74) is 1.88. The van der Waals surface area contributed by atoms with Gasteiger partial charge in [0, 0.05) is 10.5 Å². The number of phenols is 1. The van der Waals surface area contributed by atoms with Crippen molar-refractivity contribution in [3.05, 3.63) is 29.3 Å². The molecule has 0 amide bonds. The molecule has 90 valence electrons. The van der Waals surface area contributed by atoms with E-state index in [0.29, 0.717) is 5.75 Å². The van der Waals surface area contributed by atoms with Crippen LogP contribution in [-0.4, -0.2) is 15.6 Å². The third-order valence-corrected chi connectivity index (χ3v) is 4.28. The Morgan fingerprint density at radius 1 is 1.06 bits per heavy atom. The molecule has 0 spiro atoms. The van der Waals surface area contributed by atoms with Crippen LogP contribution < -0.4 is 0 Å². The normalized spacial score (nSPS) is 23.8. The molecule has 0 aromatic heterocycles. The highest BCUT2D eigenvalue weighted by Gasteiger charge is 2.16. The van der Waals surface area contributed by atoms with Crippen molar-refractivity contribution in [1.82, 2.24) is 0 Å². The van der Waals surface area contributed by atoms with E-state index in [0.717, 1.165) is 21.6 Å². The fourth-order valence-electron chi connectivity index (χ4n) is 1.81. The van der Waals surface area contributed by atoms with Gasteiger partial charge in [-0.25, -0.2) is 0 Å². The van der Waals surface area contributed by atoms with Crippen LogP contribution in [0.5, 0.6) is 5.75 Å². The second-order valence-electron chi connectivity index (χ2n) is 4.58. The number of hydrogen-bond donors (Lipinski definition) is 1. The lowest BCUT2D eigenvalue weighted by atomic mass is 10.1. The van der Waals surface area contributed by atoms with E-state index in [9.17, 15) is 5.11 Å². The van der Waals surface area contributed by atoms with E-state index in [4.69, 9.17) is 0 Å². The number of rotatable bonds is 0. The molecule has 1 saturated heterocycles. The standard InChI is InChI=1S/C8H10O.C6H12S/c1-6-4-3-5-7(2)8(6)9;1-5-3-4-6(2)7-5/h3-5,9H,1-2H3;5-6H,3-4H2,1-2H3. The minimum atomic E-state index is 0.414. The monoisotopic (exact) mass is 238 g/mol. The number of para-hydroxylation sites is 1. The van der Waals surface area contributed by atoms with Gasteiger partial charge in [-0.3, -0.25) is 0 Å². The smallest absolute Gasteiger partial charge is 0.121 e. The Balaban J connectivity index is 0.000000165. The van der Waals surface area contributed by atoms with Gasteiger partial charge in [0.05, 0.1) is 0 Å². The maximum absolute atomic E-state index is 9.21. The van der Waals surface area contributed by atoms with Gasteiger partial charge >= 0.3 is 0 Å². The summed E-state index contributed by atoms with van der Waals surface area (Å²) in [6.07, 6.45) is 2.87. The molecule has 1 heterocycles. The molecule has 1 aromatic rings. The molecule has 0 saturated carbocycles. The van der Waals surface area contributed by atoms with Crippen molar-refractivity contribution in [1.29, 1.82) is 0 Å². The fourth-order valence-corrected chi connectivity index (χ4v) is 3.15. The Morgan fingerprint density at radius 3 is 1.75 bits per heavy atom. The van der Waals surface area contributed by atoms with Crippen LogP contribution in [0.25, 0.3) is 0 Å². The molecule has 1 N–H and O–H groups in total. The second kappa shape index (κ2) is 6.19. The number of thioether (sulfide) groups is 1. The summed E-state index contributed by atoms with van der Waals surface area (Å²) in [5.74, 6) is 0.414. The lowest BCUT2D eigenvalue weighted by Crippen LogP contribution is -1.84. The van der Waals surface area contributed by atoms with Crippen LogP contribution >= 0.6 is 11.8 Å². The summed E-state index contributed by atoms with van der Waals surface area (Å²) in [6, 6.07) is 5.72. The third-order valence-electron chi connectivity index (χ3n) is 2.88. The fraction of sp³-hybridized carbons (Fsp3) is 0.571. The van der Waals surface area contributed by atoms with E-state index in [1.54, 1.807) is 0 Å². The first-order valence-corrected chi connectivity index (χ1v) is 6.85. The predicted molar refractivity (Wildman–Crippen MR) is 73.3 cm³/mol. The number of aromatic hydroxyl groups is 1. The van der Waals surface area contributed by atoms with Crippen molar-refractivity contribution in [2.45, 2.75) is 51.0 Å². The maximum Gasteiger partial charge on any atom is 0.121 e. The van der Waals surface area contributed by atoms with Gasteiger partial charge in [0.2, 0.25) is 0 Å². The van der Waals surface area contributed by atoms with E-state index < -0.39 is 0 Å². The van der Waals surface area contributed by atoms with Gasteiger partial charge in [-0.2, -0.15) is 11.8 Å². The van der Waals surface area contributed by atoms with Crippen LogP contribution in [-0.2, 0) is 0 Å². The number of phenolic OH excluding ortho intramolecular Hbond substituents is 1. The zero-order valence-electron chi connectivity index (χ0n) is 10.7. The third kappa shape index (κ3) is 4.09. The summed E-state index contributed by atoms with van der Waals surface area (Å²) >= 11 is 2.12. The molecule has 16 heavy (non-hydrogen) atoms. The summed E-state index contributed by atoms with van der Waals surface area (Å²) in [7, 11) is 0. The van der Waals surface area contributed by atoms with E-state index in [2.05, 4.69) is 25.6 Å². The van der Waals surface area contributed by atoms with Crippen LogP contribution in [0.3, 0.4) is 0 Å². The molecule has 2 unspecified atom stereocenters. The molecule has 1 fully saturated rings. The van der Waals surface area contributed by atoms with Gasteiger partial charge in [0.25, 0.3) is 0 Å². The van der Waals surface area contributed by atoms with Crippen molar-refractivity contribution >= 4 is 11.8 Å². The molecule has 0 bridgehead atoms. The molecule has 0 radical (unpaired) electrons. The summed E-state index contributed by atoms with van der Waals surface area (Å²) < 4.78 is 0. The highest BCUT2D eigenvalue weighted by molar-refractivity contribution is 8.00. The maximum atomic E-state index is 9.21. The Kier molecular flexibility index (Phi) is 5.20. The van der Waals surface area contributed by atoms with Gasteiger partial charge in [0.1, 0.15) is 5.75 Å². The lowest BCUT2D eigenvalue weighted by molar-refractivity contribution is 0.467. The van der Waals surface area contributed by atoms with E-state index in [1.165, 1.54) is 12.8 Å². The Hall–Kier alpha value is -0.630. The molecule has 2 rings (SSSR count). The largest absolute Gasteiger partial charge is 0.507 e. The minimum absolute atomic E-state index is 0.414. The van der Waals surface area contributed by atoms with E-state index >= 15 is 0 Å². The summed E-state index contributed by atoms with van der Waals surface area (Å²) in [6.45, 7) is 8.41. The number of hydrogen-bond acceptors (Lipinski definition) is 2. The van der Waals surface area contributed by atoms with Crippen molar-refractivity contribution in [2.24, 2.45) is 0 Å². The molecule has 1 nitrogen and oxygen atoms in total. The molecule has 1 aliphatic heterocycles. The molecular weight excluding hydrogens is 216 g/mol. The van der Waals surface area contributed by atoms with E-state index in [1.807, 2.05) is 32.0 Å². The summed E-state index contributed by atoms with van der Waals surface area (Å²) in [5, 5.41) is 11.1. The van der Waals surface area contributed by atoms with Gasteiger partial charge in [-0.15, -0.1) is 0 Å². The van der Waals surface area contributed by atoms with Gasteiger partial charge in [-0.05, 0) is 37.8 Å². The van der Waals surface area contributed by atoms with E-state index in [-0.39, 0.29) is 0 Å². The predicted octanol–water partition coefficient (Wildman–Crippen LogP) is 4.30. The van der Waals surface area contributed by atoms with Gasteiger partial charge < -0.3 is 5.11 Å². The Morgan fingerprint density at radius 2 is 1.50 bits per heavy atom. The lowest BCUT2D eigenvalue weighted by Gasteiger charge is -1.99.